The van der Waals surface area contributed by atoms with Crippen LogP contribution in [0.4, 0.5) is 0 Å². The van der Waals surface area contributed by atoms with Crippen LogP contribution in [0.25, 0.3) is 110 Å². The Labute approximate surface area is 287 Å². The van der Waals surface area contributed by atoms with Gasteiger partial charge >= 0.3 is 0 Å². The minimum absolute atomic E-state index is 0.900. The van der Waals surface area contributed by atoms with Crippen molar-refractivity contribution in [2.75, 3.05) is 0 Å². The summed E-state index contributed by atoms with van der Waals surface area (Å²) in [5.74, 6) is 0. The summed E-state index contributed by atoms with van der Waals surface area (Å²) in [6, 6.07) is 61.2. The molecule has 2 nitrogen and oxygen atoms in total. The highest BCUT2D eigenvalue weighted by Gasteiger charge is 2.15. The third-order valence-corrected chi connectivity index (χ3v) is 10.4. The molecule has 0 saturated heterocycles. The lowest BCUT2D eigenvalue weighted by molar-refractivity contribution is 0.668. The van der Waals surface area contributed by atoms with Gasteiger partial charge in [0.1, 0.15) is 22.3 Å². The summed E-state index contributed by atoms with van der Waals surface area (Å²) < 4.78 is 12.4. The van der Waals surface area contributed by atoms with E-state index in [0.29, 0.717) is 0 Å². The van der Waals surface area contributed by atoms with Gasteiger partial charge in [-0.25, -0.2) is 0 Å². The SMILES string of the molecule is c1ccc2c(c1)oc1ccc(-c3cc(-c4ccc5oc6ccccc6c5c4)cc(-c4ccc5c6ccccc6c6ccccc6c5c4)c3)cc12. The fourth-order valence-electron chi connectivity index (χ4n) is 8.03. The predicted octanol–water partition coefficient (Wildman–Crippen LogP) is 13.9. The second-order valence-corrected chi connectivity index (χ2v) is 13.3. The van der Waals surface area contributed by atoms with E-state index in [1.54, 1.807) is 0 Å². The Balaban J connectivity index is 1.16. The van der Waals surface area contributed by atoms with Crippen molar-refractivity contribution in [2.45, 2.75) is 0 Å². The average molecular weight is 637 g/mol. The van der Waals surface area contributed by atoms with Gasteiger partial charge in [-0.2, -0.15) is 0 Å². The molecule has 0 unspecified atom stereocenters. The summed E-state index contributed by atoms with van der Waals surface area (Å²) in [6.07, 6.45) is 0. The Morgan fingerprint density at radius 3 is 0.980 bits per heavy atom. The molecule has 50 heavy (non-hydrogen) atoms. The monoisotopic (exact) mass is 636 g/mol. The molecule has 0 saturated carbocycles. The molecule has 0 N–H and O–H groups in total. The number of furan rings is 2. The third-order valence-electron chi connectivity index (χ3n) is 10.4. The van der Waals surface area contributed by atoms with Gasteiger partial charge in [0, 0.05) is 21.5 Å². The van der Waals surface area contributed by atoms with Crippen molar-refractivity contribution >= 4 is 76.2 Å². The molecule has 9 aromatic carbocycles. The van der Waals surface area contributed by atoms with E-state index in [2.05, 4.69) is 146 Å². The molecule has 0 bridgehead atoms. The van der Waals surface area contributed by atoms with Gasteiger partial charge in [0.05, 0.1) is 0 Å². The highest BCUT2D eigenvalue weighted by atomic mass is 16.3. The average Bonchev–Trinajstić information content (AvgIpc) is 3.75. The zero-order valence-corrected chi connectivity index (χ0v) is 27.0. The van der Waals surface area contributed by atoms with Gasteiger partial charge in [-0.15, -0.1) is 0 Å². The van der Waals surface area contributed by atoms with Crippen molar-refractivity contribution in [2.24, 2.45) is 0 Å². The first-order chi connectivity index (χ1) is 24.7. The van der Waals surface area contributed by atoms with Gasteiger partial charge in [-0.1, -0.05) is 109 Å². The predicted molar refractivity (Wildman–Crippen MR) is 210 cm³/mol. The van der Waals surface area contributed by atoms with Crippen LogP contribution in [0.15, 0.2) is 179 Å². The Bertz CT molecular complexity index is 2990. The molecule has 2 aromatic heterocycles. The molecule has 0 atom stereocenters. The van der Waals surface area contributed by atoms with Gasteiger partial charge in [-0.05, 0) is 126 Å². The normalized spacial score (nSPS) is 12.0. The first-order valence-corrected chi connectivity index (χ1v) is 17.1. The number of rotatable bonds is 3. The maximum absolute atomic E-state index is 6.20. The van der Waals surface area contributed by atoms with Crippen molar-refractivity contribution in [3.8, 4) is 33.4 Å². The fraction of sp³-hybridized carbons (Fsp3) is 0. The van der Waals surface area contributed by atoms with Gasteiger partial charge in [-0.3, -0.25) is 0 Å². The van der Waals surface area contributed by atoms with E-state index in [1.807, 2.05) is 24.3 Å². The molecule has 0 fully saturated rings. The van der Waals surface area contributed by atoms with E-state index in [4.69, 9.17) is 8.83 Å². The molecule has 2 heterocycles. The molecular weight excluding hydrogens is 609 g/mol. The van der Waals surface area contributed by atoms with Crippen LogP contribution in [0.5, 0.6) is 0 Å². The number of hydrogen-bond donors (Lipinski definition) is 0. The van der Waals surface area contributed by atoms with Crippen molar-refractivity contribution in [3.05, 3.63) is 170 Å². The maximum atomic E-state index is 6.20. The molecule has 0 spiro atoms. The number of benzene rings is 9. The molecule has 0 aliphatic carbocycles. The molecule has 0 radical (unpaired) electrons. The summed E-state index contributed by atoms with van der Waals surface area (Å²) in [5, 5.41) is 12.2. The van der Waals surface area contributed by atoms with Crippen LogP contribution in [0.3, 0.4) is 0 Å². The van der Waals surface area contributed by atoms with Crippen molar-refractivity contribution in [1.82, 2.24) is 0 Å². The minimum atomic E-state index is 0.900. The highest BCUT2D eigenvalue weighted by molar-refractivity contribution is 6.25. The summed E-state index contributed by atoms with van der Waals surface area (Å²) in [5.41, 5.74) is 10.6. The maximum Gasteiger partial charge on any atom is 0.135 e. The molecule has 11 rings (SSSR count). The molecule has 0 aliphatic heterocycles. The Hall–Kier alpha value is -6.64. The zero-order chi connectivity index (χ0) is 32.8. The quantitative estimate of drug-likeness (QED) is 0.180. The Kier molecular flexibility index (Phi) is 5.70. The molecule has 2 heteroatoms. The molecule has 11 aromatic rings. The molecule has 0 aliphatic rings. The van der Waals surface area contributed by atoms with Crippen LogP contribution < -0.4 is 0 Å². The van der Waals surface area contributed by atoms with Gasteiger partial charge in [0.15, 0.2) is 0 Å². The second-order valence-electron chi connectivity index (χ2n) is 13.3. The van der Waals surface area contributed by atoms with Crippen LogP contribution >= 0.6 is 0 Å². The van der Waals surface area contributed by atoms with Gasteiger partial charge in [0.2, 0.25) is 0 Å². The van der Waals surface area contributed by atoms with Crippen LogP contribution in [0, 0.1) is 0 Å². The smallest absolute Gasteiger partial charge is 0.135 e. The zero-order valence-electron chi connectivity index (χ0n) is 27.0. The lowest BCUT2D eigenvalue weighted by Crippen LogP contribution is -1.88. The molecular formula is C48H28O2. The van der Waals surface area contributed by atoms with Crippen LogP contribution in [0.1, 0.15) is 0 Å². The minimum Gasteiger partial charge on any atom is -0.456 e. The lowest BCUT2D eigenvalue weighted by Gasteiger charge is -2.14. The summed E-state index contributed by atoms with van der Waals surface area (Å²) in [7, 11) is 0. The Morgan fingerprint density at radius 1 is 0.200 bits per heavy atom. The first kappa shape index (κ1) is 27.3. The van der Waals surface area contributed by atoms with E-state index >= 15 is 0 Å². The van der Waals surface area contributed by atoms with Crippen molar-refractivity contribution in [1.29, 1.82) is 0 Å². The second kappa shape index (κ2) is 10.4. The Morgan fingerprint density at radius 2 is 0.520 bits per heavy atom. The van der Waals surface area contributed by atoms with Crippen molar-refractivity contribution < 1.29 is 8.83 Å². The van der Waals surface area contributed by atoms with E-state index in [0.717, 1.165) is 66.1 Å². The van der Waals surface area contributed by atoms with Crippen molar-refractivity contribution in [3.63, 3.8) is 0 Å². The summed E-state index contributed by atoms with van der Waals surface area (Å²) in [4.78, 5) is 0. The lowest BCUT2D eigenvalue weighted by atomic mass is 9.89. The molecule has 0 amide bonds. The largest absolute Gasteiger partial charge is 0.456 e. The standard InChI is InChI=1S/C48H28O2/c1-2-11-37-35(9-1)36-10-3-4-12-38(36)42-26-29(17-20-39(37)42)32-23-33(30-18-21-47-43(27-30)40-13-5-7-15-45(40)49-47)25-34(24-32)31-19-22-48-44(28-31)41-14-6-8-16-46(41)50-48/h1-28H. The number of fused-ring (bicyclic) bond motifs is 12. The van der Waals surface area contributed by atoms with E-state index in [-0.39, 0.29) is 0 Å². The summed E-state index contributed by atoms with van der Waals surface area (Å²) >= 11 is 0. The van der Waals surface area contributed by atoms with Crippen LogP contribution in [-0.4, -0.2) is 0 Å². The topological polar surface area (TPSA) is 26.3 Å². The highest BCUT2D eigenvalue weighted by Crippen LogP contribution is 2.41. The third kappa shape index (κ3) is 4.09. The van der Waals surface area contributed by atoms with E-state index in [9.17, 15) is 0 Å². The van der Waals surface area contributed by atoms with Crippen LogP contribution in [-0.2, 0) is 0 Å². The van der Waals surface area contributed by atoms with Gasteiger partial charge < -0.3 is 8.83 Å². The van der Waals surface area contributed by atoms with E-state index < -0.39 is 0 Å². The first-order valence-electron chi connectivity index (χ1n) is 17.1. The van der Waals surface area contributed by atoms with Gasteiger partial charge in [0.25, 0.3) is 0 Å². The fourth-order valence-corrected chi connectivity index (χ4v) is 8.03. The number of para-hydroxylation sites is 2. The van der Waals surface area contributed by atoms with E-state index in [1.165, 1.54) is 43.4 Å². The summed E-state index contributed by atoms with van der Waals surface area (Å²) in [6.45, 7) is 0. The molecule has 232 valence electrons. The number of hydrogen-bond acceptors (Lipinski definition) is 2. The van der Waals surface area contributed by atoms with Crippen LogP contribution in [0.2, 0.25) is 0 Å².